The van der Waals surface area contributed by atoms with Gasteiger partial charge in [0, 0.05) is 24.2 Å². The highest BCUT2D eigenvalue weighted by Crippen LogP contribution is 2.30. The number of likely N-dealkylation sites (tertiary alicyclic amines) is 1. The van der Waals surface area contributed by atoms with Gasteiger partial charge in [-0.3, -0.25) is 4.79 Å². The lowest BCUT2D eigenvalue weighted by molar-refractivity contribution is -0.123. The first-order valence-corrected chi connectivity index (χ1v) is 9.70. The first-order chi connectivity index (χ1) is 13.1. The summed E-state index contributed by atoms with van der Waals surface area (Å²) in [6.07, 6.45) is 0.995. The van der Waals surface area contributed by atoms with Crippen molar-refractivity contribution < 1.29 is 14.7 Å². The number of anilines is 1. The molecule has 1 saturated heterocycles. The number of aromatic nitrogens is 2. The molecule has 0 atom stereocenters. The summed E-state index contributed by atoms with van der Waals surface area (Å²) < 4.78 is 1.87. The molecule has 0 bridgehead atoms. The number of para-hydroxylation sites is 1. The standard InChI is InChI=1S/C19H18N4O3S/c1-27-18-15-8-7-13(20-17(24)12-10-22(11-12)19(25)26)9-16(15)23(21-18)14-5-3-2-4-6-14/h2-9,12H,10-11H2,1H3,(H,20,24)(H,25,26). The SMILES string of the molecule is CSc1nn(-c2ccccc2)c2cc(NC(=O)C3CN(C(=O)O)C3)ccc12. The minimum Gasteiger partial charge on any atom is -0.465 e. The molecule has 0 spiro atoms. The molecule has 0 radical (unpaired) electrons. The minimum absolute atomic E-state index is 0.164. The molecule has 0 aliphatic carbocycles. The fourth-order valence-corrected chi connectivity index (χ4v) is 3.68. The highest BCUT2D eigenvalue weighted by molar-refractivity contribution is 7.98. The van der Waals surface area contributed by atoms with Gasteiger partial charge in [-0.15, -0.1) is 11.8 Å². The van der Waals surface area contributed by atoms with E-state index >= 15 is 0 Å². The summed E-state index contributed by atoms with van der Waals surface area (Å²) >= 11 is 1.57. The highest BCUT2D eigenvalue weighted by Gasteiger charge is 2.35. The molecule has 0 saturated carbocycles. The van der Waals surface area contributed by atoms with Gasteiger partial charge in [0.05, 0.1) is 17.1 Å². The third-order valence-electron chi connectivity index (χ3n) is 4.63. The van der Waals surface area contributed by atoms with Crippen LogP contribution in [-0.2, 0) is 4.79 Å². The Morgan fingerprint density at radius 2 is 1.93 bits per heavy atom. The van der Waals surface area contributed by atoms with Gasteiger partial charge in [-0.1, -0.05) is 18.2 Å². The van der Waals surface area contributed by atoms with Crippen LogP contribution >= 0.6 is 11.8 Å². The molecule has 8 heteroatoms. The number of benzene rings is 2. The quantitative estimate of drug-likeness (QED) is 0.676. The van der Waals surface area contributed by atoms with E-state index in [4.69, 9.17) is 5.11 Å². The summed E-state index contributed by atoms with van der Waals surface area (Å²) in [5, 5.41) is 18.4. The van der Waals surface area contributed by atoms with Crippen molar-refractivity contribution in [1.29, 1.82) is 0 Å². The number of carboxylic acid groups (broad SMARTS) is 1. The topological polar surface area (TPSA) is 87.5 Å². The van der Waals surface area contributed by atoms with Gasteiger partial charge in [-0.25, -0.2) is 9.48 Å². The molecule has 1 aliphatic heterocycles. The number of carbonyl (C=O) groups excluding carboxylic acids is 1. The second-order valence-corrected chi connectivity index (χ2v) is 7.16. The van der Waals surface area contributed by atoms with Crippen LogP contribution < -0.4 is 5.32 Å². The number of hydrogen-bond donors (Lipinski definition) is 2. The summed E-state index contributed by atoms with van der Waals surface area (Å²) in [7, 11) is 0. The molecule has 138 valence electrons. The van der Waals surface area contributed by atoms with Gasteiger partial charge in [0.2, 0.25) is 5.91 Å². The summed E-state index contributed by atoms with van der Waals surface area (Å²) in [5.74, 6) is -0.472. The van der Waals surface area contributed by atoms with Gasteiger partial charge in [-0.2, -0.15) is 5.10 Å². The van der Waals surface area contributed by atoms with Gasteiger partial charge in [0.1, 0.15) is 5.03 Å². The largest absolute Gasteiger partial charge is 0.465 e. The van der Waals surface area contributed by atoms with Crippen molar-refractivity contribution in [3.05, 3.63) is 48.5 Å². The van der Waals surface area contributed by atoms with E-state index in [1.54, 1.807) is 11.8 Å². The number of amides is 2. The van der Waals surface area contributed by atoms with Gasteiger partial charge in [0.15, 0.2) is 0 Å². The molecule has 0 unspecified atom stereocenters. The number of rotatable bonds is 4. The van der Waals surface area contributed by atoms with E-state index in [0.717, 1.165) is 21.6 Å². The number of carbonyl (C=O) groups is 2. The maximum absolute atomic E-state index is 12.4. The van der Waals surface area contributed by atoms with Gasteiger partial charge < -0.3 is 15.3 Å². The van der Waals surface area contributed by atoms with E-state index in [2.05, 4.69) is 10.4 Å². The Hall–Kier alpha value is -3.00. The van der Waals surface area contributed by atoms with E-state index in [1.165, 1.54) is 4.90 Å². The minimum atomic E-state index is -0.989. The third kappa shape index (κ3) is 3.23. The van der Waals surface area contributed by atoms with Crippen molar-refractivity contribution in [2.45, 2.75) is 5.03 Å². The van der Waals surface area contributed by atoms with Crippen molar-refractivity contribution in [1.82, 2.24) is 14.7 Å². The van der Waals surface area contributed by atoms with Crippen LogP contribution in [0.5, 0.6) is 0 Å². The Bertz CT molecular complexity index is 1010. The average Bonchev–Trinajstić information content (AvgIpc) is 2.99. The molecule has 3 aromatic rings. The number of fused-ring (bicyclic) bond motifs is 1. The molecule has 1 fully saturated rings. The predicted molar refractivity (Wildman–Crippen MR) is 105 cm³/mol. The summed E-state index contributed by atoms with van der Waals surface area (Å²) in [6.45, 7) is 0.476. The molecule has 4 rings (SSSR count). The molecule has 2 amide bonds. The summed E-state index contributed by atoms with van der Waals surface area (Å²) in [6, 6.07) is 15.5. The van der Waals surface area contributed by atoms with Crippen LogP contribution in [-0.4, -0.2) is 51.1 Å². The maximum atomic E-state index is 12.4. The molecule has 1 aliphatic rings. The monoisotopic (exact) mass is 382 g/mol. The lowest BCUT2D eigenvalue weighted by atomic mass is 10.00. The van der Waals surface area contributed by atoms with E-state index < -0.39 is 6.09 Å². The third-order valence-corrected chi connectivity index (χ3v) is 5.32. The smallest absolute Gasteiger partial charge is 0.407 e. The first kappa shape index (κ1) is 17.4. The Balaban J connectivity index is 1.62. The fourth-order valence-electron chi connectivity index (χ4n) is 3.13. The molecule has 2 aromatic carbocycles. The zero-order valence-corrected chi connectivity index (χ0v) is 15.4. The number of nitrogens with one attached hydrogen (secondary N) is 1. The number of thioether (sulfide) groups is 1. The summed E-state index contributed by atoms with van der Waals surface area (Å²) in [5.41, 5.74) is 2.53. The average molecular weight is 382 g/mol. The van der Waals surface area contributed by atoms with Crippen LogP contribution in [0.4, 0.5) is 10.5 Å². The molecule has 2 heterocycles. The van der Waals surface area contributed by atoms with Crippen molar-refractivity contribution in [3.8, 4) is 5.69 Å². The first-order valence-electron chi connectivity index (χ1n) is 8.47. The van der Waals surface area contributed by atoms with E-state index in [-0.39, 0.29) is 24.9 Å². The van der Waals surface area contributed by atoms with Crippen molar-refractivity contribution in [2.75, 3.05) is 24.7 Å². The second-order valence-electron chi connectivity index (χ2n) is 6.36. The zero-order valence-electron chi connectivity index (χ0n) is 14.6. The molecular formula is C19H18N4O3S. The van der Waals surface area contributed by atoms with Crippen LogP contribution in [0.2, 0.25) is 0 Å². The lowest BCUT2D eigenvalue weighted by Gasteiger charge is -2.35. The Kier molecular flexibility index (Phi) is 4.49. The number of nitrogens with zero attached hydrogens (tertiary/aromatic N) is 3. The van der Waals surface area contributed by atoms with Crippen molar-refractivity contribution in [3.63, 3.8) is 0 Å². The Morgan fingerprint density at radius 3 is 2.59 bits per heavy atom. The maximum Gasteiger partial charge on any atom is 0.407 e. The predicted octanol–water partition coefficient (Wildman–Crippen LogP) is 3.30. The van der Waals surface area contributed by atoms with Crippen LogP contribution in [0.25, 0.3) is 16.6 Å². The van der Waals surface area contributed by atoms with Crippen molar-refractivity contribution in [2.24, 2.45) is 5.92 Å². The molecule has 27 heavy (non-hydrogen) atoms. The Morgan fingerprint density at radius 1 is 1.19 bits per heavy atom. The fraction of sp³-hybridized carbons (Fsp3) is 0.211. The van der Waals surface area contributed by atoms with Gasteiger partial charge in [0.25, 0.3) is 0 Å². The van der Waals surface area contributed by atoms with E-state index in [0.29, 0.717) is 5.69 Å². The molecule has 7 nitrogen and oxygen atoms in total. The number of hydrogen-bond acceptors (Lipinski definition) is 4. The zero-order chi connectivity index (χ0) is 19.0. The normalized spacial score (nSPS) is 14.2. The second kappa shape index (κ2) is 6.96. The van der Waals surface area contributed by atoms with Crippen LogP contribution in [0.3, 0.4) is 0 Å². The van der Waals surface area contributed by atoms with Crippen LogP contribution in [0.15, 0.2) is 53.6 Å². The summed E-state index contributed by atoms with van der Waals surface area (Å²) in [4.78, 5) is 24.4. The van der Waals surface area contributed by atoms with E-state index in [1.807, 2.05) is 59.5 Å². The van der Waals surface area contributed by atoms with Crippen molar-refractivity contribution >= 4 is 40.4 Å². The van der Waals surface area contributed by atoms with Crippen LogP contribution in [0.1, 0.15) is 0 Å². The van der Waals surface area contributed by atoms with Gasteiger partial charge >= 0.3 is 6.09 Å². The molecular weight excluding hydrogens is 364 g/mol. The van der Waals surface area contributed by atoms with Crippen LogP contribution in [0, 0.1) is 5.92 Å². The highest BCUT2D eigenvalue weighted by atomic mass is 32.2. The van der Waals surface area contributed by atoms with Gasteiger partial charge in [-0.05, 0) is 36.6 Å². The lowest BCUT2D eigenvalue weighted by Crippen LogP contribution is -2.53. The molecule has 2 N–H and O–H groups in total. The van der Waals surface area contributed by atoms with E-state index in [9.17, 15) is 9.59 Å². The Labute approximate surface area is 160 Å². The molecule has 1 aromatic heterocycles.